The van der Waals surface area contributed by atoms with E-state index in [0.717, 1.165) is 49.9 Å². The normalized spacial score (nSPS) is 26.9. The summed E-state index contributed by atoms with van der Waals surface area (Å²) in [4.78, 5) is 13.7. The summed E-state index contributed by atoms with van der Waals surface area (Å²) >= 11 is 6.24. The van der Waals surface area contributed by atoms with E-state index in [4.69, 9.17) is 16.3 Å². The third kappa shape index (κ3) is 2.38. The van der Waals surface area contributed by atoms with Gasteiger partial charge in [0.15, 0.2) is 0 Å². The van der Waals surface area contributed by atoms with Crippen LogP contribution in [0.4, 0.5) is 5.82 Å². The first-order valence-corrected chi connectivity index (χ1v) is 7.57. The lowest BCUT2D eigenvalue weighted by Crippen LogP contribution is -2.48. The zero-order chi connectivity index (χ0) is 14.3. The maximum Gasteiger partial charge on any atom is 0.137 e. The molecule has 0 aromatic carbocycles. The standard InChI is InChI=1S/C14H21ClN4O/c1-4-12-16-13(15)9(2)14(17-12)19-7-10-11(8-19)20-6-5-18(10)3/h10-11H,4-8H2,1-3H3. The summed E-state index contributed by atoms with van der Waals surface area (Å²) in [5, 5.41) is 0.566. The number of morpholine rings is 1. The van der Waals surface area contributed by atoms with Gasteiger partial charge in [-0.25, -0.2) is 9.97 Å². The van der Waals surface area contributed by atoms with E-state index in [1.165, 1.54) is 0 Å². The highest BCUT2D eigenvalue weighted by molar-refractivity contribution is 6.30. The van der Waals surface area contributed by atoms with Crippen molar-refractivity contribution in [2.45, 2.75) is 32.4 Å². The molecule has 2 fully saturated rings. The van der Waals surface area contributed by atoms with Crippen LogP contribution in [0.15, 0.2) is 0 Å². The van der Waals surface area contributed by atoms with Gasteiger partial charge in [0, 0.05) is 31.6 Å². The summed E-state index contributed by atoms with van der Waals surface area (Å²) in [5.74, 6) is 1.77. The van der Waals surface area contributed by atoms with Gasteiger partial charge in [-0.15, -0.1) is 0 Å². The molecule has 0 aliphatic carbocycles. The summed E-state index contributed by atoms with van der Waals surface area (Å²) in [6.07, 6.45) is 1.07. The van der Waals surface area contributed by atoms with E-state index in [1.54, 1.807) is 0 Å². The zero-order valence-corrected chi connectivity index (χ0v) is 13.0. The Hall–Kier alpha value is -0.910. The predicted octanol–water partition coefficient (Wildman–Crippen LogP) is 1.52. The number of halogens is 1. The molecule has 5 nitrogen and oxygen atoms in total. The molecule has 110 valence electrons. The summed E-state index contributed by atoms with van der Waals surface area (Å²) in [6.45, 7) is 7.67. The molecule has 0 bridgehead atoms. The molecule has 1 aromatic rings. The fourth-order valence-corrected chi connectivity index (χ4v) is 3.20. The quantitative estimate of drug-likeness (QED) is 0.774. The van der Waals surface area contributed by atoms with Crippen LogP contribution in [0.5, 0.6) is 0 Å². The topological polar surface area (TPSA) is 41.5 Å². The van der Waals surface area contributed by atoms with E-state index in [-0.39, 0.29) is 6.10 Å². The molecule has 0 spiro atoms. The first kappa shape index (κ1) is 14.0. The van der Waals surface area contributed by atoms with Crippen LogP contribution in [-0.4, -0.2) is 60.3 Å². The van der Waals surface area contributed by atoms with Crippen LogP contribution < -0.4 is 4.90 Å². The zero-order valence-electron chi connectivity index (χ0n) is 12.3. The Morgan fingerprint density at radius 2 is 2.15 bits per heavy atom. The minimum Gasteiger partial charge on any atom is -0.373 e. The van der Waals surface area contributed by atoms with Crippen LogP contribution in [0.25, 0.3) is 0 Å². The van der Waals surface area contributed by atoms with E-state index in [9.17, 15) is 0 Å². The number of hydrogen-bond donors (Lipinski definition) is 0. The first-order chi connectivity index (χ1) is 9.60. The van der Waals surface area contributed by atoms with Crippen molar-refractivity contribution in [3.63, 3.8) is 0 Å². The summed E-state index contributed by atoms with van der Waals surface area (Å²) in [5.41, 5.74) is 0.963. The van der Waals surface area contributed by atoms with Crippen molar-refractivity contribution in [2.75, 3.05) is 38.2 Å². The smallest absolute Gasteiger partial charge is 0.137 e. The monoisotopic (exact) mass is 296 g/mol. The second kappa shape index (κ2) is 5.47. The van der Waals surface area contributed by atoms with E-state index in [1.807, 2.05) is 13.8 Å². The summed E-state index contributed by atoms with van der Waals surface area (Å²) < 4.78 is 5.89. The van der Waals surface area contributed by atoms with Gasteiger partial charge in [-0.2, -0.15) is 0 Å². The predicted molar refractivity (Wildman–Crippen MR) is 79.5 cm³/mol. The summed E-state index contributed by atoms with van der Waals surface area (Å²) in [6, 6.07) is 0.446. The van der Waals surface area contributed by atoms with Crippen molar-refractivity contribution in [1.82, 2.24) is 14.9 Å². The van der Waals surface area contributed by atoms with Crippen LogP contribution in [0, 0.1) is 6.92 Å². The number of aryl methyl sites for hydroxylation is 1. The average Bonchev–Trinajstić information content (AvgIpc) is 2.87. The molecule has 2 aliphatic rings. The van der Waals surface area contributed by atoms with Crippen LogP contribution in [-0.2, 0) is 11.2 Å². The average molecular weight is 297 g/mol. The second-order valence-corrected chi connectivity index (χ2v) is 5.95. The van der Waals surface area contributed by atoms with Crippen LogP contribution >= 0.6 is 11.6 Å². The van der Waals surface area contributed by atoms with Gasteiger partial charge in [-0.3, -0.25) is 4.90 Å². The van der Waals surface area contributed by atoms with Crippen molar-refractivity contribution >= 4 is 17.4 Å². The molecule has 0 radical (unpaired) electrons. The van der Waals surface area contributed by atoms with E-state index < -0.39 is 0 Å². The SMILES string of the molecule is CCc1nc(Cl)c(C)c(N2CC3OCCN(C)C3C2)n1. The Morgan fingerprint density at radius 3 is 2.85 bits per heavy atom. The van der Waals surface area contributed by atoms with Crippen molar-refractivity contribution in [1.29, 1.82) is 0 Å². The van der Waals surface area contributed by atoms with Crippen molar-refractivity contribution in [2.24, 2.45) is 0 Å². The lowest BCUT2D eigenvalue weighted by atomic mass is 10.1. The summed E-state index contributed by atoms with van der Waals surface area (Å²) in [7, 11) is 2.17. The van der Waals surface area contributed by atoms with Crippen LogP contribution in [0.3, 0.4) is 0 Å². The lowest BCUT2D eigenvalue weighted by Gasteiger charge is -2.33. The van der Waals surface area contributed by atoms with E-state index >= 15 is 0 Å². The van der Waals surface area contributed by atoms with Gasteiger partial charge in [-0.1, -0.05) is 18.5 Å². The fourth-order valence-electron chi connectivity index (χ4n) is 3.02. The molecule has 2 saturated heterocycles. The molecule has 20 heavy (non-hydrogen) atoms. The molecule has 0 saturated carbocycles. The van der Waals surface area contributed by atoms with Crippen LogP contribution in [0.2, 0.25) is 5.15 Å². The molecule has 6 heteroatoms. The second-order valence-electron chi connectivity index (χ2n) is 5.59. The molecule has 2 aliphatic heterocycles. The molecule has 0 amide bonds. The Labute approximate surface area is 124 Å². The lowest BCUT2D eigenvalue weighted by molar-refractivity contribution is -0.0362. The first-order valence-electron chi connectivity index (χ1n) is 7.20. The van der Waals surface area contributed by atoms with Gasteiger partial charge < -0.3 is 9.64 Å². The maximum absolute atomic E-state index is 6.24. The Morgan fingerprint density at radius 1 is 1.35 bits per heavy atom. The third-order valence-electron chi connectivity index (χ3n) is 4.30. The van der Waals surface area contributed by atoms with E-state index in [2.05, 4.69) is 26.8 Å². The molecule has 2 unspecified atom stereocenters. The number of likely N-dealkylation sites (N-methyl/N-ethyl adjacent to an activating group) is 1. The Bertz CT molecular complexity index is 510. The van der Waals surface area contributed by atoms with Gasteiger partial charge in [-0.05, 0) is 14.0 Å². The minimum atomic E-state index is 0.270. The minimum absolute atomic E-state index is 0.270. The highest BCUT2D eigenvalue weighted by Gasteiger charge is 2.39. The number of anilines is 1. The number of hydrogen-bond acceptors (Lipinski definition) is 5. The molecule has 0 N–H and O–H groups in total. The van der Waals surface area contributed by atoms with Gasteiger partial charge in [0.1, 0.15) is 16.8 Å². The largest absolute Gasteiger partial charge is 0.373 e. The van der Waals surface area contributed by atoms with Gasteiger partial charge in [0.2, 0.25) is 0 Å². The fraction of sp³-hybridized carbons (Fsp3) is 0.714. The number of aromatic nitrogens is 2. The molecular formula is C14H21ClN4O. The van der Waals surface area contributed by atoms with Crippen molar-refractivity contribution in [3.8, 4) is 0 Å². The van der Waals surface area contributed by atoms with Gasteiger partial charge in [0.25, 0.3) is 0 Å². The third-order valence-corrected chi connectivity index (χ3v) is 4.67. The van der Waals surface area contributed by atoms with Crippen molar-refractivity contribution < 1.29 is 4.74 Å². The van der Waals surface area contributed by atoms with E-state index in [0.29, 0.717) is 11.2 Å². The van der Waals surface area contributed by atoms with Gasteiger partial charge >= 0.3 is 0 Å². The Balaban J connectivity index is 1.89. The highest BCUT2D eigenvalue weighted by Crippen LogP contribution is 2.30. The molecule has 1 aromatic heterocycles. The molecule has 3 rings (SSSR count). The number of fused-ring (bicyclic) bond motifs is 1. The number of nitrogens with zero attached hydrogens (tertiary/aromatic N) is 4. The number of ether oxygens (including phenoxy) is 1. The molecule has 3 heterocycles. The molecule has 2 atom stereocenters. The number of rotatable bonds is 2. The maximum atomic E-state index is 6.24. The molecular weight excluding hydrogens is 276 g/mol. The highest BCUT2D eigenvalue weighted by atomic mass is 35.5. The van der Waals surface area contributed by atoms with Gasteiger partial charge in [0.05, 0.1) is 18.8 Å². The Kier molecular flexibility index (Phi) is 3.84. The van der Waals surface area contributed by atoms with Crippen molar-refractivity contribution in [3.05, 3.63) is 16.5 Å². The van der Waals surface area contributed by atoms with Crippen LogP contribution in [0.1, 0.15) is 18.3 Å².